The van der Waals surface area contributed by atoms with Crippen LogP contribution in [0.4, 0.5) is 0 Å². The van der Waals surface area contributed by atoms with Gasteiger partial charge in [0.15, 0.2) is 0 Å². The highest BCUT2D eigenvalue weighted by atomic mass is 16.5. The van der Waals surface area contributed by atoms with Crippen molar-refractivity contribution in [1.29, 1.82) is 0 Å². The van der Waals surface area contributed by atoms with Crippen molar-refractivity contribution in [3.8, 4) is 5.88 Å². The summed E-state index contributed by atoms with van der Waals surface area (Å²) >= 11 is 0. The van der Waals surface area contributed by atoms with Crippen LogP contribution in [0.5, 0.6) is 5.88 Å². The topological polar surface area (TPSA) is 47.0 Å². The summed E-state index contributed by atoms with van der Waals surface area (Å²) in [6.07, 6.45) is 5.73. The lowest BCUT2D eigenvalue weighted by molar-refractivity contribution is 0.240. The zero-order valence-electron chi connectivity index (χ0n) is 11.1. The molecule has 1 aromatic rings. The van der Waals surface area contributed by atoms with Crippen molar-refractivity contribution >= 4 is 0 Å². The van der Waals surface area contributed by atoms with Crippen molar-refractivity contribution in [3.63, 3.8) is 0 Å². The lowest BCUT2D eigenvalue weighted by Gasteiger charge is -2.13. The van der Waals surface area contributed by atoms with Gasteiger partial charge in [0.2, 0.25) is 5.88 Å². The molecule has 0 amide bonds. The lowest BCUT2D eigenvalue weighted by Crippen LogP contribution is -2.15. The predicted molar refractivity (Wildman–Crippen MR) is 69.0 cm³/mol. The van der Waals surface area contributed by atoms with Crippen LogP contribution in [0.15, 0.2) is 12.5 Å². The van der Waals surface area contributed by atoms with E-state index in [4.69, 9.17) is 4.74 Å². The van der Waals surface area contributed by atoms with Crippen LogP contribution >= 0.6 is 0 Å². The van der Waals surface area contributed by atoms with Crippen molar-refractivity contribution in [1.82, 2.24) is 15.3 Å². The quantitative estimate of drug-likeness (QED) is 0.754. The molecule has 0 aromatic carbocycles. The van der Waals surface area contributed by atoms with Gasteiger partial charge in [0, 0.05) is 18.3 Å². The summed E-state index contributed by atoms with van der Waals surface area (Å²) in [6.45, 7) is 8.89. The van der Waals surface area contributed by atoms with Gasteiger partial charge in [-0.2, -0.15) is 0 Å². The Kier molecular flexibility index (Phi) is 6.55. The molecule has 1 aromatic heterocycles. The fraction of sp³-hybridized carbons (Fsp3) is 0.692. The first-order valence-electron chi connectivity index (χ1n) is 6.40. The first-order chi connectivity index (χ1) is 8.27. The molecule has 4 nitrogen and oxygen atoms in total. The summed E-state index contributed by atoms with van der Waals surface area (Å²) < 4.78 is 5.76. The average molecular weight is 237 g/mol. The monoisotopic (exact) mass is 237 g/mol. The summed E-state index contributed by atoms with van der Waals surface area (Å²) in [6, 6.07) is 0. The fourth-order valence-corrected chi connectivity index (χ4v) is 1.66. The number of hydrogen-bond donors (Lipinski definition) is 1. The molecule has 0 aliphatic rings. The number of ether oxygens (including phenoxy) is 1. The maximum Gasteiger partial charge on any atom is 0.220 e. The molecular weight excluding hydrogens is 214 g/mol. The van der Waals surface area contributed by atoms with Gasteiger partial charge in [-0.3, -0.25) is 0 Å². The van der Waals surface area contributed by atoms with Crippen LogP contribution in [0.2, 0.25) is 0 Å². The number of rotatable bonds is 8. The van der Waals surface area contributed by atoms with Gasteiger partial charge < -0.3 is 10.1 Å². The Hall–Kier alpha value is -1.16. The third-order valence-corrected chi connectivity index (χ3v) is 2.60. The second kappa shape index (κ2) is 8.01. The summed E-state index contributed by atoms with van der Waals surface area (Å²) in [7, 11) is 0. The van der Waals surface area contributed by atoms with E-state index in [-0.39, 0.29) is 0 Å². The van der Waals surface area contributed by atoms with Crippen molar-refractivity contribution < 1.29 is 4.74 Å². The first-order valence-corrected chi connectivity index (χ1v) is 6.40. The van der Waals surface area contributed by atoms with E-state index in [1.807, 2.05) is 6.20 Å². The van der Waals surface area contributed by atoms with Crippen molar-refractivity contribution in [3.05, 3.63) is 18.1 Å². The molecule has 0 saturated heterocycles. The minimum Gasteiger partial charge on any atom is -0.477 e. The Morgan fingerprint density at radius 1 is 1.41 bits per heavy atom. The summed E-state index contributed by atoms with van der Waals surface area (Å²) in [4.78, 5) is 8.22. The Bertz CT molecular complexity index is 317. The van der Waals surface area contributed by atoms with Gasteiger partial charge in [-0.25, -0.2) is 9.97 Å². The van der Waals surface area contributed by atoms with E-state index in [1.165, 1.54) is 19.2 Å². The zero-order valence-corrected chi connectivity index (χ0v) is 11.1. The Morgan fingerprint density at radius 3 is 2.94 bits per heavy atom. The highest BCUT2D eigenvalue weighted by Gasteiger charge is 2.07. The highest BCUT2D eigenvalue weighted by Crippen LogP contribution is 2.15. The zero-order chi connectivity index (χ0) is 12.5. The van der Waals surface area contributed by atoms with Crippen LogP contribution in [0.25, 0.3) is 0 Å². The number of nitrogens with zero attached hydrogens (tertiary/aromatic N) is 2. The van der Waals surface area contributed by atoms with Gasteiger partial charge in [-0.15, -0.1) is 0 Å². The molecule has 1 heterocycles. The Balaban J connectivity index is 2.51. The normalized spacial score (nSPS) is 12.4. The van der Waals surface area contributed by atoms with E-state index >= 15 is 0 Å². The third kappa shape index (κ3) is 5.13. The maximum absolute atomic E-state index is 5.76. The molecule has 0 aliphatic carbocycles. The van der Waals surface area contributed by atoms with Gasteiger partial charge in [-0.05, 0) is 18.9 Å². The summed E-state index contributed by atoms with van der Waals surface area (Å²) in [5.41, 5.74) is 1.03. The molecule has 96 valence electrons. The van der Waals surface area contributed by atoms with Gasteiger partial charge in [0.25, 0.3) is 0 Å². The van der Waals surface area contributed by atoms with E-state index in [0.717, 1.165) is 25.3 Å². The smallest absolute Gasteiger partial charge is 0.220 e. The second-order valence-corrected chi connectivity index (χ2v) is 4.34. The molecule has 0 bridgehead atoms. The molecule has 0 aliphatic heterocycles. The predicted octanol–water partition coefficient (Wildman–Crippen LogP) is 2.40. The molecular formula is C13H23N3O. The number of nitrogens with one attached hydrogen (secondary N) is 1. The largest absolute Gasteiger partial charge is 0.477 e. The van der Waals surface area contributed by atoms with E-state index < -0.39 is 0 Å². The lowest BCUT2D eigenvalue weighted by atomic mass is 10.1. The molecule has 0 radical (unpaired) electrons. The third-order valence-electron chi connectivity index (χ3n) is 2.60. The molecule has 0 saturated carbocycles. The van der Waals surface area contributed by atoms with E-state index in [1.54, 1.807) is 0 Å². The summed E-state index contributed by atoms with van der Waals surface area (Å²) in [5, 5.41) is 3.26. The minimum atomic E-state index is 0.571. The van der Waals surface area contributed by atoms with Gasteiger partial charge in [0.1, 0.15) is 6.33 Å². The SMILES string of the molecule is CCCC(C)COc1ncncc1CNCC. The van der Waals surface area contributed by atoms with E-state index in [9.17, 15) is 0 Å². The van der Waals surface area contributed by atoms with Crippen LogP contribution in [0, 0.1) is 5.92 Å². The van der Waals surface area contributed by atoms with Crippen molar-refractivity contribution in [2.24, 2.45) is 5.92 Å². The number of hydrogen-bond acceptors (Lipinski definition) is 4. The standard InChI is InChI=1S/C13H23N3O/c1-4-6-11(3)9-17-13-12(7-14-5-2)8-15-10-16-13/h8,10-11,14H,4-7,9H2,1-3H3. The number of aromatic nitrogens is 2. The molecule has 1 atom stereocenters. The molecule has 1 unspecified atom stereocenters. The van der Waals surface area contributed by atoms with Gasteiger partial charge in [0.05, 0.1) is 6.61 Å². The molecule has 0 fully saturated rings. The van der Waals surface area contributed by atoms with Gasteiger partial charge >= 0.3 is 0 Å². The highest BCUT2D eigenvalue weighted by molar-refractivity contribution is 5.21. The van der Waals surface area contributed by atoms with Crippen LogP contribution in [0.3, 0.4) is 0 Å². The first kappa shape index (κ1) is 13.9. The van der Waals surface area contributed by atoms with E-state index in [0.29, 0.717) is 11.8 Å². The molecule has 0 spiro atoms. The summed E-state index contributed by atoms with van der Waals surface area (Å²) in [5.74, 6) is 1.28. The molecule has 4 heteroatoms. The Morgan fingerprint density at radius 2 is 2.24 bits per heavy atom. The van der Waals surface area contributed by atoms with Gasteiger partial charge in [-0.1, -0.05) is 27.2 Å². The van der Waals surface area contributed by atoms with Crippen LogP contribution < -0.4 is 10.1 Å². The maximum atomic E-state index is 5.76. The minimum absolute atomic E-state index is 0.571. The molecule has 1 rings (SSSR count). The molecule has 17 heavy (non-hydrogen) atoms. The average Bonchev–Trinajstić information content (AvgIpc) is 2.35. The second-order valence-electron chi connectivity index (χ2n) is 4.34. The van der Waals surface area contributed by atoms with Crippen LogP contribution in [0.1, 0.15) is 39.2 Å². The van der Waals surface area contributed by atoms with Crippen LogP contribution in [-0.4, -0.2) is 23.1 Å². The van der Waals surface area contributed by atoms with Crippen molar-refractivity contribution in [2.75, 3.05) is 13.2 Å². The molecule has 1 N–H and O–H groups in total. The van der Waals surface area contributed by atoms with Crippen LogP contribution in [-0.2, 0) is 6.54 Å². The fourth-order valence-electron chi connectivity index (χ4n) is 1.66. The Labute approximate surface area is 104 Å². The van der Waals surface area contributed by atoms with E-state index in [2.05, 4.69) is 36.1 Å². The van der Waals surface area contributed by atoms with Crippen molar-refractivity contribution in [2.45, 2.75) is 40.2 Å².